The smallest absolute Gasteiger partial charge is 0.322 e. The van der Waals surface area contributed by atoms with Gasteiger partial charge in [-0.3, -0.25) is 0 Å². The number of rotatable bonds is 6. The van der Waals surface area contributed by atoms with E-state index in [0.29, 0.717) is 25.3 Å². The Balaban J connectivity index is 1.70. The molecular weight excluding hydrogens is 319 g/mol. The van der Waals surface area contributed by atoms with Gasteiger partial charge in [0.25, 0.3) is 0 Å². The van der Waals surface area contributed by atoms with E-state index in [1.54, 1.807) is 29.4 Å². The summed E-state index contributed by atoms with van der Waals surface area (Å²) < 4.78 is 19.1. The van der Waals surface area contributed by atoms with Gasteiger partial charge >= 0.3 is 6.03 Å². The molecular formula is C20H19FN2O2. The molecule has 2 amide bonds. The quantitative estimate of drug-likeness (QED) is 0.708. The van der Waals surface area contributed by atoms with E-state index in [-0.39, 0.29) is 11.7 Å². The van der Waals surface area contributed by atoms with Crippen LogP contribution < -0.4 is 5.32 Å². The highest BCUT2D eigenvalue weighted by Gasteiger charge is 2.16. The molecule has 0 saturated carbocycles. The summed E-state index contributed by atoms with van der Waals surface area (Å²) in [5.74, 6) is 0.216. The van der Waals surface area contributed by atoms with Crippen LogP contribution in [0.1, 0.15) is 11.3 Å². The van der Waals surface area contributed by atoms with E-state index in [1.165, 1.54) is 12.1 Å². The standard InChI is InChI=1S/C20H19FN2O2/c21-18-10-4-5-11-19(18)22-20(24)23(15-17-9-6-14-25-17)13-12-16-7-2-1-3-8-16/h1-11,14H,12-13,15H2,(H,22,24). The van der Waals surface area contributed by atoms with E-state index in [9.17, 15) is 9.18 Å². The minimum atomic E-state index is -0.461. The number of benzene rings is 2. The number of urea groups is 1. The van der Waals surface area contributed by atoms with Crippen LogP contribution in [0.3, 0.4) is 0 Å². The minimum Gasteiger partial charge on any atom is -0.467 e. The number of halogens is 1. The zero-order chi connectivity index (χ0) is 17.5. The van der Waals surface area contributed by atoms with Gasteiger partial charge in [-0.05, 0) is 36.2 Å². The number of para-hydroxylation sites is 1. The third-order valence-electron chi connectivity index (χ3n) is 3.84. The lowest BCUT2D eigenvalue weighted by molar-refractivity contribution is 0.204. The summed E-state index contributed by atoms with van der Waals surface area (Å²) in [5, 5.41) is 2.63. The molecule has 5 heteroatoms. The van der Waals surface area contributed by atoms with Crippen molar-refractivity contribution in [2.24, 2.45) is 0 Å². The number of furan rings is 1. The molecule has 0 spiro atoms. The van der Waals surface area contributed by atoms with Gasteiger partial charge in [-0.1, -0.05) is 42.5 Å². The van der Waals surface area contributed by atoms with E-state index < -0.39 is 5.82 Å². The summed E-state index contributed by atoms with van der Waals surface area (Å²) in [6.07, 6.45) is 2.27. The number of carbonyl (C=O) groups excluding carboxylic acids is 1. The van der Waals surface area contributed by atoms with Gasteiger partial charge in [0.1, 0.15) is 11.6 Å². The van der Waals surface area contributed by atoms with Crippen molar-refractivity contribution in [3.8, 4) is 0 Å². The van der Waals surface area contributed by atoms with E-state index in [2.05, 4.69) is 5.32 Å². The van der Waals surface area contributed by atoms with Crippen LogP contribution in [0.15, 0.2) is 77.4 Å². The number of hydrogen-bond acceptors (Lipinski definition) is 2. The summed E-state index contributed by atoms with van der Waals surface area (Å²) in [6, 6.07) is 19.3. The Morgan fingerprint density at radius 2 is 1.76 bits per heavy atom. The van der Waals surface area contributed by atoms with Crippen molar-refractivity contribution < 1.29 is 13.6 Å². The first kappa shape index (κ1) is 16.8. The molecule has 2 aromatic carbocycles. The van der Waals surface area contributed by atoms with Gasteiger partial charge < -0.3 is 14.6 Å². The Bertz CT molecular complexity index is 804. The van der Waals surface area contributed by atoms with Gasteiger partial charge in [0, 0.05) is 6.54 Å². The van der Waals surface area contributed by atoms with E-state index in [4.69, 9.17) is 4.42 Å². The molecule has 0 bridgehead atoms. The van der Waals surface area contributed by atoms with Crippen LogP contribution in [0.25, 0.3) is 0 Å². The first-order valence-electron chi connectivity index (χ1n) is 8.09. The van der Waals surface area contributed by atoms with Crippen molar-refractivity contribution in [1.29, 1.82) is 0 Å². The maximum absolute atomic E-state index is 13.8. The molecule has 4 nitrogen and oxygen atoms in total. The van der Waals surface area contributed by atoms with Crippen LogP contribution in [-0.4, -0.2) is 17.5 Å². The van der Waals surface area contributed by atoms with Gasteiger partial charge in [0.2, 0.25) is 0 Å². The molecule has 3 rings (SSSR count). The van der Waals surface area contributed by atoms with Crippen LogP contribution in [-0.2, 0) is 13.0 Å². The van der Waals surface area contributed by atoms with E-state index in [1.807, 2.05) is 36.4 Å². The van der Waals surface area contributed by atoms with Crippen molar-refractivity contribution in [2.75, 3.05) is 11.9 Å². The van der Waals surface area contributed by atoms with Gasteiger partial charge in [0.15, 0.2) is 0 Å². The Labute approximate surface area is 145 Å². The fourth-order valence-corrected chi connectivity index (χ4v) is 2.51. The second-order valence-electron chi connectivity index (χ2n) is 5.65. The molecule has 128 valence electrons. The predicted molar refractivity (Wildman–Crippen MR) is 94.7 cm³/mol. The van der Waals surface area contributed by atoms with Gasteiger partial charge in [-0.2, -0.15) is 0 Å². The third-order valence-corrected chi connectivity index (χ3v) is 3.84. The zero-order valence-corrected chi connectivity index (χ0v) is 13.7. The van der Waals surface area contributed by atoms with Crippen molar-refractivity contribution in [3.63, 3.8) is 0 Å². The van der Waals surface area contributed by atoms with Crippen molar-refractivity contribution in [2.45, 2.75) is 13.0 Å². The van der Waals surface area contributed by atoms with Crippen molar-refractivity contribution in [1.82, 2.24) is 4.90 Å². The SMILES string of the molecule is O=C(Nc1ccccc1F)N(CCc1ccccc1)Cc1ccco1. The largest absolute Gasteiger partial charge is 0.467 e. The highest BCUT2D eigenvalue weighted by molar-refractivity contribution is 5.89. The molecule has 3 aromatic rings. The Hall–Kier alpha value is -3.08. The summed E-state index contributed by atoms with van der Waals surface area (Å²) >= 11 is 0. The molecule has 25 heavy (non-hydrogen) atoms. The summed E-state index contributed by atoms with van der Waals surface area (Å²) in [6.45, 7) is 0.811. The molecule has 0 radical (unpaired) electrons. The topological polar surface area (TPSA) is 45.5 Å². The molecule has 0 atom stereocenters. The van der Waals surface area contributed by atoms with Crippen LogP contribution >= 0.6 is 0 Å². The highest BCUT2D eigenvalue weighted by Crippen LogP contribution is 2.15. The number of anilines is 1. The van der Waals surface area contributed by atoms with Crippen LogP contribution in [0, 0.1) is 5.82 Å². The van der Waals surface area contributed by atoms with Gasteiger partial charge in [-0.15, -0.1) is 0 Å². The van der Waals surface area contributed by atoms with Crippen molar-refractivity contribution in [3.05, 3.63) is 90.1 Å². The van der Waals surface area contributed by atoms with Gasteiger partial charge in [0.05, 0.1) is 18.5 Å². The maximum Gasteiger partial charge on any atom is 0.322 e. The average Bonchev–Trinajstić information content (AvgIpc) is 3.14. The first-order chi connectivity index (χ1) is 12.2. The fourth-order valence-electron chi connectivity index (χ4n) is 2.51. The van der Waals surface area contributed by atoms with E-state index in [0.717, 1.165) is 5.56 Å². The number of nitrogens with one attached hydrogen (secondary N) is 1. The second kappa shape index (κ2) is 8.15. The van der Waals surface area contributed by atoms with Crippen LogP contribution in [0.2, 0.25) is 0 Å². The zero-order valence-electron chi connectivity index (χ0n) is 13.7. The Morgan fingerprint density at radius 3 is 2.48 bits per heavy atom. The van der Waals surface area contributed by atoms with E-state index >= 15 is 0 Å². The Morgan fingerprint density at radius 1 is 1.00 bits per heavy atom. The number of amides is 2. The molecule has 0 unspecified atom stereocenters. The second-order valence-corrected chi connectivity index (χ2v) is 5.65. The number of hydrogen-bond donors (Lipinski definition) is 1. The summed E-state index contributed by atoms with van der Waals surface area (Å²) in [5.41, 5.74) is 1.29. The molecule has 1 aromatic heterocycles. The normalized spacial score (nSPS) is 10.4. The molecule has 1 heterocycles. The predicted octanol–water partition coefficient (Wildman–Crippen LogP) is 4.70. The van der Waals surface area contributed by atoms with Gasteiger partial charge in [-0.25, -0.2) is 9.18 Å². The minimum absolute atomic E-state index is 0.164. The molecule has 0 fully saturated rings. The van der Waals surface area contributed by atoms with Crippen LogP contribution in [0.4, 0.5) is 14.9 Å². The molecule has 0 saturated heterocycles. The number of nitrogens with zero attached hydrogens (tertiary/aromatic N) is 1. The highest BCUT2D eigenvalue weighted by atomic mass is 19.1. The summed E-state index contributed by atoms with van der Waals surface area (Å²) in [4.78, 5) is 14.2. The number of carbonyl (C=O) groups is 1. The lowest BCUT2D eigenvalue weighted by atomic mass is 10.1. The molecule has 1 N–H and O–H groups in total. The molecule has 0 aliphatic carbocycles. The average molecular weight is 338 g/mol. The molecule has 0 aliphatic heterocycles. The monoisotopic (exact) mass is 338 g/mol. The lowest BCUT2D eigenvalue weighted by Crippen LogP contribution is -2.36. The molecule has 0 aliphatic rings. The summed E-state index contributed by atoms with van der Waals surface area (Å²) in [7, 11) is 0. The maximum atomic E-state index is 13.8. The first-order valence-corrected chi connectivity index (χ1v) is 8.09. The van der Waals surface area contributed by atoms with Crippen molar-refractivity contribution >= 4 is 11.7 Å². The van der Waals surface area contributed by atoms with Crippen LogP contribution in [0.5, 0.6) is 0 Å². The Kier molecular flexibility index (Phi) is 5.46. The lowest BCUT2D eigenvalue weighted by Gasteiger charge is -2.22. The fraction of sp³-hybridized carbons (Fsp3) is 0.150. The third kappa shape index (κ3) is 4.70.